The highest BCUT2D eigenvalue weighted by atomic mass is 16.1. The Bertz CT molecular complexity index is 1790. The summed E-state index contributed by atoms with van der Waals surface area (Å²) in [6.07, 6.45) is 11.1. The van der Waals surface area contributed by atoms with Crippen molar-refractivity contribution >= 4 is 11.9 Å². The fraction of sp³-hybridized carbons (Fsp3) is 0.0789. The second kappa shape index (κ2) is 10.9. The molecule has 4 heteroatoms. The average molecular weight is 544 g/mol. The molecule has 0 amide bonds. The lowest BCUT2D eigenvalue weighted by Crippen LogP contribution is -2.36. The molecule has 42 heavy (non-hydrogen) atoms. The van der Waals surface area contributed by atoms with Gasteiger partial charge in [0.1, 0.15) is 5.54 Å². The molecule has 0 N–H and O–H groups in total. The number of ketones is 1. The summed E-state index contributed by atoms with van der Waals surface area (Å²) in [6.45, 7) is 0. The minimum Gasteiger partial charge on any atom is -0.318 e. The van der Waals surface area contributed by atoms with Gasteiger partial charge in [-0.15, -0.1) is 0 Å². The van der Waals surface area contributed by atoms with Crippen LogP contribution in [0.15, 0.2) is 152 Å². The molecule has 2 aromatic heterocycles. The largest absolute Gasteiger partial charge is 0.318 e. The van der Waals surface area contributed by atoms with E-state index in [1.165, 1.54) is 0 Å². The van der Waals surface area contributed by atoms with E-state index in [9.17, 15) is 4.79 Å². The fourth-order valence-corrected chi connectivity index (χ4v) is 6.21. The van der Waals surface area contributed by atoms with Crippen LogP contribution in [0.2, 0.25) is 0 Å². The molecule has 0 atom stereocenters. The lowest BCUT2D eigenvalue weighted by atomic mass is 9.77. The summed E-state index contributed by atoms with van der Waals surface area (Å²) in [7, 11) is 0. The predicted molar refractivity (Wildman–Crippen MR) is 167 cm³/mol. The lowest BCUT2D eigenvalue weighted by Gasteiger charge is -2.37. The molecule has 0 saturated carbocycles. The van der Waals surface area contributed by atoms with Crippen molar-refractivity contribution in [2.24, 2.45) is 0 Å². The third kappa shape index (κ3) is 4.38. The maximum atomic E-state index is 13.3. The minimum absolute atomic E-state index is 0.0564. The zero-order chi connectivity index (χ0) is 28.4. The molecule has 0 fully saturated rings. The summed E-state index contributed by atoms with van der Waals surface area (Å²) in [4.78, 5) is 22.5. The van der Waals surface area contributed by atoms with Crippen LogP contribution >= 0.6 is 0 Å². The van der Waals surface area contributed by atoms with E-state index >= 15 is 0 Å². The monoisotopic (exact) mass is 543 g/mol. The molecule has 0 bridgehead atoms. The van der Waals surface area contributed by atoms with Crippen LogP contribution < -0.4 is 0 Å². The van der Waals surface area contributed by atoms with Gasteiger partial charge in [0, 0.05) is 35.3 Å². The normalized spacial score (nSPS) is 14.1. The molecule has 202 valence electrons. The standard InChI is InChI=1S/C38H29N3O/c42-37-30(21-20-28-22-23-39-25-35(28)37)24-29-12-10-11-19-34(29)36-26-41(27-40-36)38(31-13-4-1-5-14-31,32-15-6-2-7-16-32)33-17-8-3-9-18-33/h1-19,22-27H,20-21H2/b30-24+. The van der Waals surface area contributed by atoms with Crippen LogP contribution in [0.4, 0.5) is 0 Å². The zero-order valence-electron chi connectivity index (χ0n) is 23.1. The van der Waals surface area contributed by atoms with Crippen molar-refractivity contribution < 1.29 is 4.79 Å². The number of fused-ring (bicyclic) bond motifs is 1. The number of benzene rings is 4. The summed E-state index contributed by atoms with van der Waals surface area (Å²) in [6, 6.07) is 41.9. The maximum absolute atomic E-state index is 13.3. The van der Waals surface area contributed by atoms with Crippen molar-refractivity contribution in [3.8, 4) is 11.3 Å². The molecule has 1 aliphatic rings. The number of hydrogen-bond donors (Lipinski definition) is 0. The molecule has 0 aliphatic heterocycles. The topological polar surface area (TPSA) is 47.8 Å². The summed E-state index contributed by atoms with van der Waals surface area (Å²) in [5, 5.41) is 0. The molecule has 0 unspecified atom stereocenters. The Morgan fingerprint density at radius 2 is 1.26 bits per heavy atom. The van der Waals surface area contributed by atoms with Gasteiger partial charge in [-0.25, -0.2) is 4.98 Å². The Hall–Kier alpha value is -5.35. The van der Waals surface area contributed by atoms with Gasteiger partial charge in [0.05, 0.1) is 12.0 Å². The van der Waals surface area contributed by atoms with Gasteiger partial charge in [0.15, 0.2) is 5.78 Å². The van der Waals surface area contributed by atoms with Crippen molar-refractivity contribution in [3.63, 3.8) is 0 Å². The van der Waals surface area contributed by atoms with E-state index in [2.05, 4.69) is 101 Å². The summed E-state index contributed by atoms with van der Waals surface area (Å²) < 4.78 is 2.22. The van der Waals surface area contributed by atoms with Crippen molar-refractivity contribution in [2.75, 3.05) is 0 Å². The van der Waals surface area contributed by atoms with E-state index < -0.39 is 5.54 Å². The SMILES string of the molecule is O=C1/C(=C/c2ccccc2-c2cn(C(c3ccccc3)(c3ccccc3)c3ccccc3)cn2)CCc2ccncc21. The number of aromatic nitrogens is 3. The van der Waals surface area contributed by atoms with E-state index in [-0.39, 0.29) is 5.78 Å². The zero-order valence-corrected chi connectivity index (χ0v) is 23.1. The maximum Gasteiger partial charge on any atom is 0.190 e. The molecule has 4 aromatic carbocycles. The van der Waals surface area contributed by atoms with E-state index in [4.69, 9.17) is 4.98 Å². The number of Topliss-reactive ketones (excluding diaryl/α,β-unsaturated/α-hetero) is 1. The quantitative estimate of drug-likeness (QED) is 0.158. The van der Waals surface area contributed by atoms with Gasteiger partial charge >= 0.3 is 0 Å². The Labute approximate surface area is 245 Å². The van der Waals surface area contributed by atoms with E-state index in [1.807, 2.05) is 48.8 Å². The summed E-state index contributed by atoms with van der Waals surface area (Å²) >= 11 is 0. The highest BCUT2D eigenvalue weighted by Crippen LogP contribution is 2.41. The van der Waals surface area contributed by atoms with Crippen molar-refractivity contribution in [3.05, 3.63) is 185 Å². The van der Waals surface area contributed by atoms with Crippen LogP contribution in [0.1, 0.15) is 44.6 Å². The highest BCUT2D eigenvalue weighted by molar-refractivity contribution is 6.13. The molecule has 0 spiro atoms. The number of nitrogens with zero attached hydrogens (tertiary/aromatic N) is 3. The number of rotatable bonds is 6. The molecule has 7 rings (SSSR count). The molecule has 0 saturated heterocycles. The lowest BCUT2D eigenvalue weighted by molar-refractivity contribution is 0.102. The first kappa shape index (κ1) is 25.6. The fourth-order valence-electron chi connectivity index (χ4n) is 6.21. The Balaban J connectivity index is 1.38. The van der Waals surface area contributed by atoms with Gasteiger partial charge in [-0.05, 0) is 52.8 Å². The number of imidazole rings is 1. The van der Waals surface area contributed by atoms with Gasteiger partial charge in [-0.3, -0.25) is 9.78 Å². The summed E-state index contributed by atoms with van der Waals surface area (Å²) in [5.74, 6) is 0.0564. The number of carbonyl (C=O) groups excluding carboxylic acids is 1. The van der Waals surface area contributed by atoms with E-state index in [0.717, 1.165) is 51.1 Å². The molecular formula is C38H29N3O. The van der Waals surface area contributed by atoms with Gasteiger partial charge in [-0.1, -0.05) is 115 Å². The molecule has 0 radical (unpaired) electrons. The smallest absolute Gasteiger partial charge is 0.190 e. The number of hydrogen-bond acceptors (Lipinski definition) is 3. The average Bonchev–Trinajstić information content (AvgIpc) is 3.55. The van der Waals surface area contributed by atoms with Gasteiger partial charge in [-0.2, -0.15) is 0 Å². The van der Waals surface area contributed by atoms with Gasteiger partial charge in [0.25, 0.3) is 0 Å². The van der Waals surface area contributed by atoms with Crippen molar-refractivity contribution in [1.82, 2.24) is 14.5 Å². The van der Waals surface area contributed by atoms with Crippen LogP contribution in [-0.4, -0.2) is 20.3 Å². The number of aryl methyl sites for hydroxylation is 1. The first-order valence-corrected chi connectivity index (χ1v) is 14.2. The Morgan fingerprint density at radius 3 is 1.90 bits per heavy atom. The molecule has 2 heterocycles. The summed E-state index contributed by atoms with van der Waals surface area (Å²) in [5.41, 5.74) is 8.16. The van der Waals surface area contributed by atoms with Crippen LogP contribution in [-0.2, 0) is 12.0 Å². The van der Waals surface area contributed by atoms with Gasteiger partial charge < -0.3 is 4.57 Å². The Morgan fingerprint density at radius 1 is 0.667 bits per heavy atom. The third-order valence-corrected chi connectivity index (χ3v) is 8.22. The first-order valence-electron chi connectivity index (χ1n) is 14.2. The molecule has 6 aromatic rings. The minimum atomic E-state index is -0.640. The van der Waals surface area contributed by atoms with E-state index in [1.54, 1.807) is 12.4 Å². The molecule has 1 aliphatic carbocycles. The highest BCUT2D eigenvalue weighted by Gasteiger charge is 2.38. The Kier molecular flexibility index (Phi) is 6.65. The second-order valence-corrected chi connectivity index (χ2v) is 10.6. The number of allylic oxidation sites excluding steroid dienone is 1. The number of carbonyl (C=O) groups is 1. The third-order valence-electron chi connectivity index (χ3n) is 8.22. The van der Waals surface area contributed by atoms with Gasteiger partial charge in [0.2, 0.25) is 0 Å². The van der Waals surface area contributed by atoms with Crippen LogP contribution in [0.3, 0.4) is 0 Å². The second-order valence-electron chi connectivity index (χ2n) is 10.6. The van der Waals surface area contributed by atoms with Crippen molar-refractivity contribution in [2.45, 2.75) is 18.4 Å². The first-order chi connectivity index (χ1) is 20.7. The molecule has 4 nitrogen and oxygen atoms in total. The molecular weight excluding hydrogens is 514 g/mol. The van der Waals surface area contributed by atoms with Crippen LogP contribution in [0, 0.1) is 0 Å². The predicted octanol–water partition coefficient (Wildman–Crippen LogP) is 8.00. The van der Waals surface area contributed by atoms with Crippen LogP contribution in [0.25, 0.3) is 17.3 Å². The van der Waals surface area contributed by atoms with Crippen LogP contribution in [0.5, 0.6) is 0 Å². The number of pyridine rings is 1. The van der Waals surface area contributed by atoms with E-state index in [0.29, 0.717) is 12.0 Å². The van der Waals surface area contributed by atoms with Crippen molar-refractivity contribution in [1.29, 1.82) is 0 Å².